The Hall–Kier alpha value is -2.08. The minimum absolute atomic E-state index is 0.0159. The van der Waals surface area contributed by atoms with Gasteiger partial charge in [0.05, 0.1) is 6.10 Å². The normalized spacial score (nSPS) is 44.4. The number of aliphatic hydroxyl groups is 1. The summed E-state index contributed by atoms with van der Waals surface area (Å²) in [6, 6.07) is 0. The number of ether oxygens (including phenoxy) is 1. The van der Waals surface area contributed by atoms with Crippen molar-refractivity contribution >= 4 is 23.3 Å². The maximum Gasteiger partial charge on any atom is 0.303 e. The molecular formula is C24H30O6. The van der Waals surface area contributed by atoms with Crippen LogP contribution in [0.4, 0.5) is 0 Å². The lowest BCUT2D eigenvalue weighted by Gasteiger charge is -2.59. The number of fused-ring (bicyclic) bond motifs is 5. The average molecular weight is 414 g/mol. The van der Waals surface area contributed by atoms with Crippen molar-refractivity contribution in [2.75, 3.05) is 0 Å². The molecule has 0 aromatic rings. The second kappa shape index (κ2) is 6.71. The molecule has 0 aromatic heterocycles. The zero-order chi connectivity index (χ0) is 22.1. The average Bonchev–Trinajstić information content (AvgIpc) is 2.93. The van der Waals surface area contributed by atoms with Crippen molar-refractivity contribution in [3.8, 4) is 0 Å². The van der Waals surface area contributed by atoms with Crippen molar-refractivity contribution in [1.82, 2.24) is 0 Å². The standard InChI is InChI=1S/C24H30O6/c1-13(25)21(29)24(30-14(2)26)10-8-18-17-6-5-15-11-16(27)7-9-22(15,3)20(17)19(28)12-23(18,24)4/h7,9,11,17-20,28H,5-6,8,10,12H2,1-4H3/t17?,18?,19?,20?,22-,23-,24+/m0/s1. The first-order chi connectivity index (χ1) is 14.0. The molecule has 1 N–H and O–H groups in total. The lowest BCUT2D eigenvalue weighted by atomic mass is 9.46. The van der Waals surface area contributed by atoms with Crippen LogP contribution in [0.25, 0.3) is 0 Å². The Morgan fingerprint density at radius 3 is 2.50 bits per heavy atom. The zero-order valence-corrected chi connectivity index (χ0v) is 18.1. The van der Waals surface area contributed by atoms with Crippen molar-refractivity contribution in [3.63, 3.8) is 0 Å². The highest BCUT2D eigenvalue weighted by Crippen LogP contribution is 2.67. The molecule has 30 heavy (non-hydrogen) atoms. The molecule has 0 heterocycles. The molecule has 0 spiro atoms. The fraction of sp³-hybridized carbons (Fsp3) is 0.667. The van der Waals surface area contributed by atoms with Gasteiger partial charge in [-0.1, -0.05) is 25.5 Å². The highest BCUT2D eigenvalue weighted by molar-refractivity contribution is 6.39. The van der Waals surface area contributed by atoms with Gasteiger partial charge in [-0.05, 0) is 56.1 Å². The van der Waals surface area contributed by atoms with Gasteiger partial charge in [0.1, 0.15) is 0 Å². The molecule has 6 nitrogen and oxygen atoms in total. The summed E-state index contributed by atoms with van der Waals surface area (Å²) in [5.74, 6) is -1.83. The molecular weight excluding hydrogens is 384 g/mol. The van der Waals surface area contributed by atoms with E-state index in [4.69, 9.17) is 4.74 Å². The van der Waals surface area contributed by atoms with Crippen LogP contribution < -0.4 is 0 Å². The number of Topliss-reactive ketones (excluding diaryl/α,β-unsaturated/α-hetero) is 2. The molecule has 4 aliphatic rings. The fourth-order valence-corrected chi connectivity index (χ4v) is 7.43. The molecule has 3 saturated carbocycles. The van der Waals surface area contributed by atoms with E-state index < -0.39 is 40.1 Å². The van der Waals surface area contributed by atoms with E-state index in [1.807, 2.05) is 13.0 Å². The van der Waals surface area contributed by atoms with E-state index in [1.165, 1.54) is 13.8 Å². The summed E-state index contributed by atoms with van der Waals surface area (Å²) in [5, 5.41) is 11.4. The number of hydrogen-bond donors (Lipinski definition) is 1. The monoisotopic (exact) mass is 414 g/mol. The maximum atomic E-state index is 13.1. The van der Waals surface area contributed by atoms with E-state index in [2.05, 4.69) is 6.92 Å². The quantitative estimate of drug-likeness (QED) is 0.563. The van der Waals surface area contributed by atoms with Gasteiger partial charge in [0, 0.05) is 30.6 Å². The van der Waals surface area contributed by atoms with E-state index in [9.17, 15) is 24.3 Å². The largest absolute Gasteiger partial charge is 0.450 e. The number of esters is 1. The van der Waals surface area contributed by atoms with Gasteiger partial charge < -0.3 is 9.84 Å². The molecule has 0 amide bonds. The summed E-state index contributed by atoms with van der Waals surface area (Å²) in [5.41, 5.74) is -1.68. The van der Waals surface area contributed by atoms with E-state index >= 15 is 0 Å². The van der Waals surface area contributed by atoms with Crippen molar-refractivity contribution in [2.45, 2.75) is 71.5 Å². The molecule has 4 aliphatic carbocycles. The van der Waals surface area contributed by atoms with Crippen molar-refractivity contribution in [1.29, 1.82) is 0 Å². The van der Waals surface area contributed by atoms with Crippen LogP contribution in [0.15, 0.2) is 23.8 Å². The highest BCUT2D eigenvalue weighted by atomic mass is 16.6. The van der Waals surface area contributed by atoms with Crippen LogP contribution in [0.5, 0.6) is 0 Å². The van der Waals surface area contributed by atoms with Gasteiger partial charge in [0.15, 0.2) is 17.2 Å². The van der Waals surface area contributed by atoms with Crippen LogP contribution in [0.3, 0.4) is 0 Å². The maximum absolute atomic E-state index is 13.1. The first-order valence-corrected chi connectivity index (χ1v) is 10.8. The van der Waals surface area contributed by atoms with Crippen LogP contribution in [0.2, 0.25) is 0 Å². The van der Waals surface area contributed by atoms with E-state index in [0.29, 0.717) is 12.8 Å². The number of ketones is 3. The Morgan fingerprint density at radius 1 is 1.17 bits per heavy atom. The molecule has 0 bridgehead atoms. The van der Waals surface area contributed by atoms with Gasteiger partial charge in [-0.3, -0.25) is 19.2 Å². The van der Waals surface area contributed by atoms with Gasteiger partial charge >= 0.3 is 5.97 Å². The number of rotatable bonds is 3. The van der Waals surface area contributed by atoms with Crippen LogP contribution >= 0.6 is 0 Å². The Balaban J connectivity index is 1.78. The number of carbonyl (C=O) groups is 4. The fourth-order valence-electron chi connectivity index (χ4n) is 7.43. The molecule has 0 saturated heterocycles. The lowest BCUT2D eigenvalue weighted by molar-refractivity contribution is -0.197. The van der Waals surface area contributed by atoms with Crippen LogP contribution in [0.1, 0.15) is 59.8 Å². The summed E-state index contributed by atoms with van der Waals surface area (Å²) in [4.78, 5) is 49.1. The van der Waals surface area contributed by atoms with Crippen molar-refractivity contribution in [2.24, 2.45) is 28.6 Å². The van der Waals surface area contributed by atoms with Gasteiger partial charge in [-0.2, -0.15) is 0 Å². The lowest BCUT2D eigenvalue weighted by Crippen LogP contribution is -2.63. The third-order valence-corrected chi connectivity index (χ3v) is 8.62. The van der Waals surface area contributed by atoms with Crippen LogP contribution in [-0.2, 0) is 23.9 Å². The third-order valence-electron chi connectivity index (χ3n) is 8.62. The molecule has 6 heteroatoms. The smallest absolute Gasteiger partial charge is 0.303 e. The minimum atomic E-state index is -1.52. The summed E-state index contributed by atoms with van der Waals surface area (Å²) in [6.07, 6.45) is 7.28. The van der Waals surface area contributed by atoms with E-state index in [-0.39, 0.29) is 30.0 Å². The van der Waals surface area contributed by atoms with E-state index in [1.54, 1.807) is 12.2 Å². The molecule has 4 rings (SSSR count). The SMILES string of the molecule is CC(=O)O[C@@]1(C(=O)C(C)=O)CCC2C3CCC4=CC(=O)C=C[C@]4(C)C3C(O)C[C@@]21C. The molecule has 7 atom stereocenters. The zero-order valence-electron chi connectivity index (χ0n) is 18.1. The summed E-state index contributed by atoms with van der Waals surface area (Å²) in [7, 11) is 0. The van der Waals surface area contributed by atoms with Crippen molar-refractivity contribution < 1.29 is 29.0 Å². The molecule has 0 radical (unpaired) electrons. The van der Waals surface area contributed by atoms with Crippen LogP contribution in [0, 0.1) is 28.6 Å². The number of hydrogen-bond acceptors (Lipinski definition) is 6. The highest BCUT2D eigenvalue weighted by Gasteiger charge is 2.70. The van der Waals surface area contributed by atoms with Gasteiger partial charge in [-0.15, -0.1) is 0 Å². The predicted octanol–water partition coefficient (Wildman–Crippen LogP) is 2.73. The second-order valence-corrected chi connectivity index (χ2v) is 10.1. The first kappa shape index (κ1) is 21.2. The second-order valence-electron chi connectivity index (χ2n) is 10.1. The van der Waals surface area contributed by atoms with Crippen molar-refractivity contribution in [3.05, 3.63) is 23.8 Å². The topological polar surface area (TPSA) is 97.7 Å². The van der Waals surface area contributed by atoms with E-state index in [0.717, 1.165) is 18.4 Å². The molecule has 0 aliphatic heterocycles. The molecule has 0 aromatic carbocycles. The predicted molar refractivity (Wildman–Crippen MR) is 108 cm³/mol. The summed E-state index contributed by atoms with van der Waals surface area (Å²) >= 11 is 0. The Labute approximate surface area is 176 Å². The summed E-state index contributed by atoms with van der Waals surface area (Å²) in [6.45, 7) is 6.46. The Kier molecular flexibility index (Phi) is 4.73. The molecule has 162 valence electrons. The Bertz CT molecular complexity index is 899. The number of carbonyl (C=O) groups excluding carboxylic acids is 4. The minimum Gasteiger partial charge on any atom is -0.450 e. The number of aliphatic hydroxyl groups excluding tert-OH is 1. The number of allylic oxidation sites excluding steroid dienone is 4. The van der Waals surface area contributed by atoms with Gasteiger partial charge in [0.2, 0.25) is 5.78 Å². The molecule has 4 unspecified atom stereocenters. The van der Waals surface area contributed by atoms with Gasteiger partial charge in [0.25, 0.3) is 0 Å². The third kappa shape index (κ3) is 2.65. The van der Waals surface area contributed by atoms with Gasteiger partial charge in [-0.25, -0.2) is 0 Å². The first-order valence-electron chi connectivity index (χ1n) is 10.8. The molecule has 3 fully saturated rings. The summed E-state index contributed by atoms with van der Waals surface area (Å²) < 4.78 is 5.68. The van der Waals surface area contributed by atoms with Crippen LogP contribution in [-0.4, -0.2) is 40.1 Å². The Morgan fingerprint density at radius 2 is 1.87 bits per heavy atom.